The molecule has 1 unspecified atom stereocenters. The van der Waals surface area contributed by atoms with Gasteiger partial charge in [0.25, 0.3) is 0 Å². The molecule has 0 saturated carbocycles. The van der Waals surface area contributed by atoms with Crippen molar-refractivity contribution in [1.82, 2.24) is 4.90 Å². The van der Waals surface area contributed by atoms with E-state index in [1.807, 2.05) is 25.9 Å². The van der Waals surface area contributed by atoms with Crippen LogP contribution in [0.5, 0.6) is 0 Å². The van der Waals surface area contributed by atoms with Crippen LogP contribution in [0.3, 0.4) is 0 Å². The topological polar surface area (TPSA) is 29.5 Å². The number of ether oxygens (including phenoxy) is 1. The largest absolute Gasteiger partial charge is 0.466 e. The molecule has 0 N–H and O–H groups in total. The first kappa shape index (κ1) is 14.6. The highest BCUT2D eigenvalue weighted by Gasteiger charge is 2.32. The van der Waals surface area contributed by atoms with Gasteiger partial charge in [0.1, 0.15) is 5.82 Å². The third-order valence-corrected chi connectivity index (χ3v) is 3.25. The van der Waals surface area contributed by atoms with E-state index in [-0.39, 0.29) is 18.2 Å². The van der Waals surface area contributed by atoms with Crippen molar-refractivity contribution in [2.24, 2.45) is 0 Å². The lowest BCUT2D eigenvalue weighted by Gasteiger charge is -2.36. The molecule has 0 aliphatic rings. The number of esters is 1. The molecule has 0 aliphatic carbocycles. The van der Waals surface area contributed by atoms with E-state index in [0.29, 0.717) is 6.61 Å². The van der Waals surface area contributed by atoms with Gasteiger partial charge in [0.2, 0.25) is 0 Å². The van der Waals surface area contributed by atoms with Gasteiger partial charge in [-0.05, 0) is 45.6 Å². The molecule has 0 fully saturated rings. The molecule has 0 bridgehead atoms. The maximum atomic E-state index is 13.0. The number of nitrogens with zero attached hydrogens (tertiary/aromatic N) is 1. The van der Waals surface area contributed by atoms with Crippen molar-refractivity contribution in [3.05, 3.63) is 35.6 Å². The average molecular weight is 253 g/mol. The lowest BCUT2D eigenvalue weighted by atomic mass is 9.87. The first-order valence-electron chi connectivity index (χ1n) is 5.99. The van der Waals surface area contributed by atoms with Gasteiger partial charge in [0.05, 0.1) is 18.6 Å². The average Bonchev–Trinajstić information content (AvgIpc) is 2.29. The fraction of sp³-hybridized carbons (Fsp3) is 0.500. The van der Waals surface area contributed by atoms with Gasteiger partial charge in [-0.25, -0.2) is 4.39 Å². The molecule has 0 spiro atoms. The van der Waals surface area contributed by atoms with Gasteiger partial charge in [-0.3, -0.25) is 9.69 Å². The third-order valence-electron chi connectivity index (χ3n) is 3.25. The van der Waals surface area contributed by atoms with Crippen LogP contribution in [0.15, 0.2) is 24.3 Å². The van der Waals surface area contributed by atoms with Gasteiger partial charge in [-0.1, -0.05) is 12.1 Å². The van der Waals surface area contributed by atoms with E-state index in [1.54, 1.807) is 19.1 Å². The molecule has 0 saturated heterocycles. The maximum absolute atomic E-state index is 13.0. The monoisotopic (exact) mass is 253 g/mol. The number of carbonyl (C=O) groups excluding carboxylic acids is 1. The predicted octanol–water partition coefficient (Wildman–Crippen LogP) is 2.56. The molecule has 100 valence electrons. The Kier molecular flexibility index (Phi) is 4.84. The molecular weight excluding hydrogens is 233 g/mol. The summed E-state index contributed by atoms with van der Waals surface area (Å²) in [6, 6.07) is 6.22. The van der Waals surface area contributed by atoms with E-state index < -0.39 is 5.54 Å². The Labute approximate surface area is 108 Å². The molecule has 1 aromatic carbocycles. The molecule has 0 aromatic heterocycles. The highest BCUT2D eigenvalue weighted by atomic mass is 19.1. The Bertz CT molecular complexity index is 403. The Morgan fingerprint density at radius 3 is 2.33 bits per heavy atom. The van der Waals surface area contributed by atoms with E-state index >= 15 is 0 Å². The number of benzene rings is 1. The summed E-state index contributed by atoms with van der Waals surface area (Å²) in [7, 11) is 3.78. The maximum Gasteiger partial charge on any atom is 0.307 e. The molecule has 1 aromatic rings. The normalized spacial score (nSPS) is 14.3. The first-order chi connectivity index (χ1) is 8.40. The summed E-state index contributed by atoms with van der Waals surface area (Å²) in [4.78, 5) is 13.6. The lowest BCUT2D eigenvalue weighted by Crippen LogP contribution is -2.40. The van der Waals surface area contributed by atoms with Gasteiger partial charge in [-0.15, -0.1) is 0 Å². The summed E-state index contributed by atoms with van der Waals surface area (Å²) in [6.07, 6.45) is 0.236. The van der Waals surface area contributed by atoms with Gasteiger partial charge in [0, 0.05) is 0 Å². The van der Waals surface area contributed by atoms with Crippen molar-refractivity contribution >= 4 is 5.97 Å². The summed E-state index contributed by atoms with van der Waals surface area (Å²) in [5.74, 6) is -0.533. The zero-order chi connectivity index (χ0) is 13.8. The van der Waals surface area contributed by atoms with E-state index in [9.17, 15) is 9.18 Å². The highest BCUT2D eigenvalue weighted by molar-refractivity contribution is 5.71. The van der Waals surface area contributed by atoms with Gasteiger partial charge < -0.3 is 4.74 Å². The number of halogens is 1. The minimum atomic E-state index is -0.500. The van der Waals surface area contributed by atoms with Crippen LogP contribution < -0.4 is 0 Å². The van der Waals surface area contributed by atoms with Crippen LogP contribution in [-0.4, -0.2) is 31.6 Å². The molecule has 0 radical (unpaired) electrons. The van der Waals surface area contributed by atoms with E-state index in [4.69, 9.17) is 4.74 Å². The van der Waals surface area contributed by atoms with Gasteiger partial charge in [-0.2, -0.15) is 0 Å². The summed E-state index contributed by atoms with van der Waals surface area (Å²) in [5.41, 5.74) is 0.391. The molecule has 0 heterocycles. The van der Waals surface area contributed by atoms with Crippen molar-refractivity contribution in [1.29, 1.82) is 0 Å². The Hall–Kier alpha value is -1.42. The van der Waals surface area contributed by atoms with E-state index in [1.165, 1.54) is 12.1 Å². The van der Waals surface area contributed by atoms with Crippen LogP contribution in [0.2, 0.25) is 0 Å². The van der Waals surface area contributed by atoms with Crippen molar-refractivity contribution in [3.8, 4) is 0 Å². The zero-order valence-corrected chi connectivity index (χ0v) is 11.4. The number of rotatable bonds is 5. The SMILES string of the molecule is CCOC(=O)CC(C)(c1ccc(F)cc1)N(C)C. The van der Waals surface area contributed by atoms with Crippen LogP contribution in [0, 0.1) is 5.82 Å². The van der Waals surface area contributed by atoms with E-state index in [2.05, 4.69) is 0 Å². The fourth-order valence-corrected chi connectivity index (χ4v) is 1.82. The summed E-state index contributed by atoms with van der Waals surface area (Å²) >= 11 is 0. The van der Waals surface area contributed by atoms with Crippen LogP contribution >= 0.6 is 0 Å². The number of carbonyl (C=O) groups is 1. The summed E-state index contributed by atoms with van der Waals surface area (Å²) < 4.78 is 17.9. The molecule has 0 amide bonds. The van der Waals surface area contributed by atoms with Crippen molar-refractivity contribution in [2.75, 3.05) is 20.7 Å². The quantitative estimate of drug-likeness (QED) is 0.755. The Morgan fingerprint density at radius 1 is 1.33 bits per heavy atom. The van der Waals surface area contributed by atoms with Crippen molar-refractivity contribution in [3.63, 3.8) is 0 Å². The van der Waals surface area contributed by atoms with Crippen LogP contribution in [0.25, 0.3) is 0 Å². The van der Waals surface area contributed by atoms with Gasteiger partial charge in [0.15, 0.2) is 0 Å². The number of hydrogen-bond donors (Lipinski definition) is 0. The Balaban J connectivity index is 2.99. The molecule has 0 aliphatic heterocycles. The standard InChI is InChI=1S/C14H20FNO2/c1-5-18-13(17)10-14(2,16(3)4)11-6-8-12(15)9-7-11/h6-9H,5,10H2,1-4H3. The minimum absolute atomic E-state index is 0.236. The molecule has 1 rings (SSSR count). The lowest BCUT2D eigenvalue weighted by molar-refractivity contribution is -0.146. The molecular formula is C14H20FNO2. The Morgan fingerprint density at radius 2 is 1.89 bits per heavy atom. The van der Waals surface area contributed by atoms with E-state index in [0.717, 1.165) is 5.56 Å². The predicted molar refractivity (Wildman–Crippen MR) is 68.7 cm³/mol. The van der Waals surface area contributed by atoms with Crippen LogP contribution in [0.4, 0.5) is 4.39 Å². The second kappa shape index (κ2) is 5.96. The summed E-state index contributed by atoms with van der Waals surface area (Å²) in [5, 5.41) is 0. The third kappa shape index (κ3) is 3.29. The molecule has 18 heavy (non-hydrogen) atoms. The summed E-state index contributed by atoms with van der Waals surface area (Å²) in [6.45, 7) is 4.09. The van der Waals surface area contributed by atoms with Crippen LogP contribution in [0.1, 0.15) is 25.8 Å². The zero-order valence-electron chi connectivity index (χ0n) is 11.4. The van der Waals surface area contributed by atoms with Crippen molar-refractivity contribution in [2.45, 2.75) is 25.8 Å². The smallest absolute Gasteiger partial charge is 0.307 e. The van der Waals surface area contributed by atoms with Gasteiger partial charge >= 0.3 is 5.97 Å². The minimum Gasteiger partial charge on any atom is -0.466 e. The molecule has 1 atom stereocenters. The fourth-order valence-electron chi connectivity index (χ4n) is 1.82. The highest BCUT2D eigenvalue weighted by Crippen LogP contribution is 2.30. The molecule has 3 nitrogen and oxygen atoms in total. The second-order valence-corrected chi connectivity index (χ2v) is 4.66. The second-order valence-electron chi connectivity index (χ2n) is 4.66. The first-order valence-corrected chi connectivity index (χ1v) is 5.99. The van der Waals surface area contributed by atoms with Crippen molar-refractivity contribution < 1.29 is 13.9 Å². The number of hydrogen-bond acceptors (Lipinski definition) is 3. The van der Waals surface area contributed by atoms with Crippen LogP contribution in [-0.2, 0) is 15.1 Å². The molecule has 4 heteroatoms.